The summed E-state index contributed by atoms with van der Waals surface area (Å²) in [4.78, 5) is 13.9. The molecule has 0 aromatic heterocycles. The Bertz CT molecular complexity index is 687. The average molecular weight is 338 g/mol. The molecule has 1 aliphatic heterocycles. The molecule has 2 aromatic carbocycles. The second-order valence-corrected chi connectivity index (χ2v) is 6.50. The third-order valence-corrected chi connectivity index (χ3v) is 4.50. The number of hydrogen-bond acceptors (Lipinski definition) is 3. The van der Waals surface area contributed by atoms with Crippen molar-refractivity contribution in [2.24, 2.45) is 0 Å². The topological polar surface area (TPSA) is 41.6 Å². The lowest BCUT2D eigenvalue weighted by Crippen LogP contribution is -2.32. The molecule has 1 N–H and O–H groups in total. The molecule has 1 saturated heterocycles. The van der Waals surface area contributed by atoms with Crippen molar-refractivity contribution in [3.05, 3.63) is 65.7 Å². The molecular weight excluding hydrogens is 312 g/mol. The molecule has 0 saturated carbocycles. The molecule has 4 nitrogen and oxygen atoms in total. The van der Waals surface area contributed by atoms with Crippen LogP contribution in [0.5, 0.6) is 5.75 Å². The van der Waals surface area contributed by atoms with Crippen molar-refractivity contribution in [2.45, 2.75) is 39.0 Å². The number of carbonyl (C=O) groups is 1. The van der Waals surface area contributed by atoms with Gasteiger partial charge in [0.15, 0.2) is 0 Å². The number of para-hydroxylation sites is 1. The van der Waals surface area contributed by atoms with Gasteiger partial charge < -0.3 is 15.0 Å². The Kier molecular flexibility index (Phi) is 6.07. The summed E-state index contributed by atoms with van der Waals surface area (Å²) in [6, 6.07) is 18.5. The molecule has 25 heavy (non-hydrogen) atoms. The van der Waals surface area contributed by atoms with Gasteiger partial charge in [-0.3, -0.25) is 4.79 Å². The van der Waals surface area contributed by atoms with E-state index in [1.165, 1.54) is 0 Å². The highest BCUT2D eigenvalue weighted by Crippen LogP contribution is 2.20. The average Bonchev–Trinajstić information content (AvgIpc) is 3.00. The molecule has 1 atom stereocenters. The minimum atomic E-state index is 0.223. The van der Waals surface area contributed by atoms with Gasteiger partial charge in [-0.15, -0.1) is 0 Å². The first kappa shape index (κ1) is 17.5. The zero-order valence-electron chi connectivity index (χ0n) is 14.8. The van der Waals surface area contributed by atoms with Crippen LogP contribution < -0.4 is 10.1 Å². The Morgan fingerprint density at radius 3 is 2.68 bits per heavy atom. The highest BCUT2D eigenvalue weighted by Gasteiger charge is 2.28. The normalized spacial score (nSPS) is 17.1. The van der Waals surface area contributed by atoms with Crippen LogP contribution in [0.2, 0.25) is 0 Å². The first-order valence-corrected chi connectivity index (χ1v) is 9.02. The van der Waals surface area contributed by atoms with Gasteiger partial charge in [-0.25, -0.2) is 0 Å². The largest absolute Gasteiger partial charge is 0.489 e. The summed E-state index contributed by atoms with van der Waals surface area (Å²) in [6.07, 6.45) is 1.60. The molecule has 1 fully saturated rings. The number of rotatable bonds is 8. The Morgan fingerprint density at radius 1 is 1.12 bits per heavy atom. The smallest absolute Gasteiger partial charge is 0.224 e. The lowest BCUT2D eigenvalue weighted by molar-refractivity contribution is -0.127. The molecule has 132 valence electrons. The Hall–Kier alpha value is -2.33. The molecule has 0 aliphatic carbocycles. The number of ether oxygens (including phenoxy) is 1. The van der Waals surface area contributed by atoms with Gasteiger partial charge in [-0.1, -0.05) is 55.5 Å². The maximum absolute atomic E-state index is 12.0. The standard InChI is InChI=1S/C21H26N2O2/c1-2-12-23-15-19(13-21(23)24)22-14-18-10-6-7-11-20(18)25-16-17-8-4-3-5-9-17/h3-11,19,22H,2,12-16H2,1H3. The third kappa shape index (κ3) is 4.83. The van der Waals surface area contributed by atoms with Gasteiger partial charge in [-0.05, 0) is 18.1 Å². The van der Waals surface area contributed by atoms with E-state index < -0.39 is 0 Å². The first-order valence-electron chi connectivity index (χ1n) is 9.02. The van der Waals surface area contributed by atoms with E-state index in [0.29, 0.717) is 19.6 Å². The van der Waals surface area contributed by atoms with Crippen molar-refractivity contribution in [1.82, 2.24) is 10.2 Å². The van der Waals surface area contributed by atoms with Gasteiger partial charge >= 0.3 is 0 Å². The van der Waals surface area contributed by atoms with Crippen LogP contribution in [0.15, 0.2) is 54.6 Å². The Morgan fingerprint density at radius 2 is 1.88 bits per heavy atom. The fraction of sp³-hybridized carbons (Fsp3) is 0.381. The summed E-state index contributed by atoms with van der Waals surface area (Å²) < 4.78 is 6.00. The highest BCUT2D eigenvalue weighted by atomic mass is 16.5. The summed E-state index contributed by atoms with van der Waals surface area (Å²) in [5.41, 5.74) is 2.28. The molecule has 3 rings (SSSR count). The number of nitrogens with zero attached hydrogens (tertiary/aromatic N) is 1. The lowest BCUT2D eigenvalue weighted by Gasteiger charge is -2.17. The molecule has 1 amide bonds. The summed E-state index contributed by atoms with van der Waals surface area (Å²) in [5, 5.41) is 3.51. The molecule has 1 heterocycles. The fourth-order valence-electron chi connectivity index (χ4n) is 3.18. The van der Waals surface area contributed by atoms with E-state index in [2.05, 4.69) is 30.4 Å². The van der Waals surface area contributed by atoms with E-state index >= 15 is 0 Å². The van der Waals surface area contributed by atoms with Gasteiger partial charge in [0.1, 0.15) is 12.4 Å². The Labute approximate surface area is 149 Å². The zero-order chi connectivity index (χ0) is 17.5. The zero-order valence-corrected chi connectivity index (χ0v) is 14.8. The predicted octanol–water partition coefficient (Wildman–Crippen LogP) is 3.37. The summed E-state index contributed by atoms with van der Waals surface area (Å²) in [5.74, 6) is 1.15. The fourth-order valence-corrected chi connectivity index (χ4v) is 3.18. The second-order valence-electron chi connectivity index (χ2n) is 6.50. The number of carbonyl (C=O) groups excluding carboxylic acids is 1. The summed E-state index contributed by atoms with van der Waals surface area (Å²) in [7, 11) is 0. The monoisotopic (exact) mass is 338 g/mol. The molecule has 2 aromatic rings. The molecule has 4 heteroatoms. The number of benzene rings is 2. The van der Waals surface area contributed by atoms with E-state index in [0.717, 1.165) is 36.4 Å². The molecule has 0 bridgehead atoms. The summed E-state index contributed by atoms with van der Waals surface area (Å²) in [6.45, 7) is 5.04. The van der Waals surface area contributed by atoms with Crippen molar-refractivity contribution in [3.63, 3.8) is 0 Å². The van der Waals surface area contributed by atoms with Gasteiger partial charge in [0.2, 0.25) is 5.91 Å². The van der Waals surface area contributed by atoms with E-state index in [1.54, 1.807) is 0 Å². The lowest BCUT2D eigenvalue weighted by atomic mass is 10.1. The number of likely N-dealkylation sites (tertiary alicyclic amines) is 1. The van der Waals surface area contributed by atoms with Crippen LogP contribution in [0.25, 0.3) is 0 Å². The van der Waals surface area contributed by atoms with Gasteiger partial charge in [0.25, 0.3) is 0 Å². The molecular formula is C21H26N2O2. The minimum Gasteiger partial charge on any atom is -0.489 e. The quantitative estimate of drug-likeness (QED) is 0.802. The third-order valence-electron chi connectivity index (χ3n) is 4.50. The van der Waals surface area contributed by atoms with Gasteiger partial charge in [0, 0.05) is 37.7 Å². The SMILES string of the molecule is CCCN1CC(NCc2ccccc2OCc2ccccc2)CC1=O. The van der Waals surface area contributed by atoms with Crippen LogP contribution in [-0.4, -0.2) is 29.9 Å². The van der Waals surface area contributed by atoms with E-state index in [1.807, 2.05) is 41.3 Å². The summed E-state index contributed by atoms with van der Waals surface area (Å²) >= 11 is 0. The number of amides is 1. The maximum atomic E-state index is 12.0. The van der Waals surface area contributed by atoms with Crippen LogP contribution in [0.3, 0.4) is 0 Å². The maximum Gasteiger partial charge on any atom is 0.224 e. The molecule has 0 spiro atoms. The first-order chi connectivity index (χ1) is 12.3. The van der Waals surface area contributed by atoms with Crippen molar-refractivity contribution in [1.29, 1.82) is 0 Å². The van der Waals surface area contributed by atoms with Crippen LogP contribution >= 0.6 is 0 Å². The van der Waals surface area contributed by atoms with Crippen molar-refractivity contribution in [3.8, 4) is 5.75 Å². The van der Waals surface area contributed by atoms with Crippen LogP contribution in [-0.2, 0) is 17.9 Å². The van der Waals surface area contributed by atoms with Crippen LogP contribution in [0.1, 0.15) is 30.9 Å². The van der Waals surface area contributed by atoms with Crippen LogP contribution in [0.4, 0.5) is 0 Å². The van der Waals surface area contributed by atoms with Crippen molar-refractivity contribution >= 4 is 5.91 Å². The van der Waals surface area contributed by atoms with E-state index in [4.69, 9.17) is 4.74 Å². The van der Waals surface area contributed by atoms with E-state index in [-0.39, 0.29) is 11.9 Å². The molecule has 1 aliphatic rings. The van der Waals surface area contributed by atoms with Gasteiger partial charge in [-0.2, -0.15) is 0 Å². The molecule has 0 radical (unpaired) electrons. The van der Waals surface area contributed by atoms with Crippen molar-refractivity contribution in [2.75, 3.05) is 13.1 Å². The van der Waals surface area contributed by atoms with Crippen molar-refractivity contribution < 1.29 is 9.53 Å². The number of nitrogens with one attached hydrogen (secondary N) is 1. The molecule has 1 unspecified atom stereocenters. The second kappa shape index (κ2) is 8.67. The minimum absolute atomic E-state index is 0.223. The highest BCUT2D eigenvalue weighted by molar-refractivity contribution is 5.79. The Balaban J connectivity index is 1.55. The van der Waals surface area contributed by atoms with Gasteiger partial charge in [0.05, 0.1) is 0 Å². The predicted molar refractivity (Wildman–Crippen MR) is 99.3 cm³/mol. The number of hydrogen-bond donors (Lipinski definition) is 1. The van der Waals surface area contributed by atoms with Crippen LogP contribution in [0, 0.1) is 0 Å². The van der Waals surface area contributed by atoms with E-state index in [9.17, 15) is 4.79 Å².